The Hall–Kier alpha value is -3.46. The third kappa shape index (κ3) is 2.29. The summed E-state index contributed by atoms with van der Waals surface area (Å²) in [5.74, 6) is 0. The number of hydrogen-bond acceptors (Lipinski definition) is 2. The molecule has 0 spiro atoms. The first-order valence-corrected chi connectivity index (χ1v) is 8.28. The third-order valence-corrected chi connectivity index (χ3v) is 4.57. The van der Waals surface area contributed by atoms with Gasteiger partial charge in [-0.2, -0.15) is 5.10 Å². The number of pyridine rings is 1. The molecule has 0 aliphatic heterocycles. The Kier molecular flexibility index (Phi) is 3.10. The molecule has 0 atom stereocenters. The van der Waals surface area contributed by atoms with Crippen LogP contribution < -0.4 is 0 Å². The summed E-state index contributed by atoms with van der Waals surface area (Å²) in [6.07, 6.45) is 1.82. The van der Waals surface area contributed by atoms with Gasteiger partial charge in [0, 0.05) is 22.7 Å². The average molecular weight is 321 g/mol. The zero-order chi connectivity index (χ0) is 16.6. The number of hydrogen-bond donors (Lipinski definition) is 1. The summed E-state index contributed by atoms with van der Waals surface area (Å²) in [7, 11) is 0. The van der Waals surface area contributed by atoms with E-state index >= 15 is 0 Å². The van der Waals surface area contributed by atoms with Crippen molar-refractivity contribution in [1.29, 1.82) is 0 Å². The van der Waals surface area contributed by atoms with E-state index in [1.54, 1.807) is 0 Å². The van der Waals surface area contributed by atoms with Crippen molar-refractivity contribution >= 4 is 21.7 Å². The second-order valence-corrected chi connectivity index (χ2v) is 6.07. The molecule has 2 aromatic heterocycles. The summed E-state index contributed by atoms with van der Waals surface area (Å²) in [4.78, 5) is 4.41. The highest BCUT2D eigenvalue weighted by Crippen LogP contribution is 2.33. The normalized spacial score (nSPS) is 11.2. The van der Waals surface area contributed by atoms with Crippen LogP contribution in [0.5, 0.6) is 0 Å². The maximum atomic E-state index is 4.58. The van der Waals surface area contributed by atoms with Crippen LogP contribution in [0, 0.1) is 0 Å². The fraction of sp³-hybridized carbons (Fsp3) is 0. The van der Waals surface area contributed by atoms with Gasteiger partial charge in [0.15, 0.2) is 0 Å². The molecule has 0 bridgehead atoms. The minimum absolute atomic E-state index is 0.978. The molecule has 2 heterocycles. The van der Waals surface area contributed by atoms with Crippen molar-refractivity contribution < 1.29 is 0 Å². The summed E-state index contributed by atoms with van der Waals surface area (Å²) in [5, 5.41) is 11.4. The van der Waals surface area contributed by atoms with E-state index in [0.29, 0.717) is 0 Å². The molecular formula is C22H15N3. The fourth-order valence-electron chi connectivity index (χ4n) is 3.33. The molecule has 0 aliphatic carbocycles. The lowest BCUT2D eigenvalue weighted by molar-refractivity contribution is 1.12. The quantitative estimate of drug-likeness (QED) is 0.470. The standard InChI is InChI=1S/C22H15N3/c1-2-6-18-15(5-1)12-13-20-21(18)22(25-24-20)17-10-8-16(9-11-17)19-7-3-4-14-23-19/h1-14H,(H,24,25). The minimum Gasteiger partial charge on any atom is -0.277 e. The first kappa shape index (κ1) is 13.9. The zero-order valence-corrected chi connectivity index (χ0v) is 13.5. The van der Waals surface area contributed by atoms with Crippen LogP contribution in [0.3, 0.4) is 0 Å². The Morgan fingerprint density at radius 2 is 1.48 bits per heavy atom. The highest BCUT2D eigenvalue weighted by Gasteiger charge is 2.11. The lowest BCUT2D eigenvalue weighted by Crippen LogP contribution is -1.84. The summed E-state index contributed by atoms with van der Waals surface area (Å²) in [5.41, 5.74) is 5.23. The monoisotopic (exact) mass is 321 g/mol. The average Bonchev–Trinajstić information content (AvgIpc) is 3.13. The Bertz CT molecular complexity index is 1170. The van der Waals surface area contributed by atoms with Gasteiger partial charge in [0.2, 0.25) is 0 Å². The van der Waals surface area contributed by atoms with Crippen LogP contribution in [-0.2, 0) is 0 Å². The van der Waals surface area contributed by atoms with Crippen molar-refractivity contribution in [2.75, 3.05) is 0 Å². The number of nitrogens with zero attached hydrogens (tertiary/aromatic N) is 2. The molecule has 0 aliphatic rings. The van der Waals surface area contributed by atoms with E-state index in [1.807, 2.05) is 24.4 Å². The van der Waals surface area contributed by atoms with E-state index in [1.165, 1.54) is 16.2 Å². The molecule has 118 valence electrons. The van der Waals surface area contributed by atoms with Crippen molar-refractivity contribution in [2.45, 2.75) is 0 Å². The summed E-state index contributed by atoms with van der Waals surface area (Å²) >= 11 is 0. The van der Waals surface area contributed by atoms with Crippen LogP contribution >= 0.6 is 0 Å². The molecule has 5 rings (SSSR count). The van der Waals surface area contributed by atoms with Crippen LogP contribution in [0.1, 0.15) is 0 Å². The van der Waals surface area contributed by atoms with Gasteiger partial charge in [-0.05, 0) is 29.0 Å². The Morgan fingerprint density at radius 3 is 2.32 bits per heavy atom. The van der Waals surface area contributed by atoms with E-state index in [2.05, 4.69) is 75.8 Å². The zero-order valence-electron chi connectivity index (χ0n) is 13.5. The Balaban J connectivity index is 1.67. The summed E-state index contributed by atoms with van der Waals surface area (Å²) in [6.45, 7) is 0. The maximum absolute atomic E-state index is 4.58. The van der Waals surface area contributed by atoms with Crippen molar-refractivity contribution in [2.24, 2.45) is 0 Å². The topological polar surface area (TPSA) is 41.6 Å². The van der Waals surface area contributed by atoms with Crippen LogP contribution in [0.15, 0.2) is 85.1 Å². The molecule has 0 fully saturated rings. The predicted octanol–water partition coefficient (Wildman–Crippen LogP) is 5.45. The molecule has 0 saturated carbocycles. The summed E-state index contributed by atoms with van der Waals surface area (Å²) < 4.78 is 0. The van der Waals surface area contributed by atoms with Gasteiger partial charge >= 0.3 is 0 Å². The first-order valence-electron chi connectivity index (χ1n) is 8.28. The minimum atomic E-state index is 0.978. The lowest BCUT2D eigenvalue weighted by atomic mass is 10.0. The molecule has 0 unspecified atom stereocenters. The maximum Gasteiger partial charge on any atom is 0.101 e. The van der Waals surface area contributed by atoms with E-state index in [9.17, 15) is 0 Å². The van der Waals surface area contributed by atoms with Gasteiger partial charge in [-0.3, -0.25) is 10.1 Å². The molecule has 3 aromatic carbocycles. The van der Waals surface area contributed by atoms with Crippen molar-refractivity contribution in [3.05, 3.63) is 85.1 Å². The largest absolute Gasteiger partial charge is 0.277 e. The molecule has 0 radical (unpaired) electrons. The van der Waals surface area contributed by atoms with Crippen LogP contribution in [0.25, 0.3) is 44.2 Å². The van der Waals surface area contributed by atoms with Crippen molar-refractivity contribution in [3.63, 3.8) is 0 Å². The molecular weight excluding hydrogens is 306 g/mol. The van der Waals surface area contributed by atoms with Gasteiger partial charge in [-0.25, -0.2) is 0 Å². The fourth-order valence-corrected chi connectivity index (χ4v) is 3.33. The molecule has 0 amide bonds. The summed E-state index contributed by atoms with van der Waals surface area (Å²) in [6, 6.07) is 27.0. The second kappa shape index (κ2) is 5.56. The van der Waals surface area contributed by atoms with E-state index in [0.717, 1.165) is 28.0 Å². The molecule has 0 saturated heterocycles. The number of rotatable bonds is 2. The molecule has 5 aromatic rings. The number of aromatic nitrogens is 3. The smallest absolute Gasteiger partial charge is 0.101 e. The molecule has 1 N–H and O–H groups in total. The van der Waals surface area contributed by atoms with Gasteiger partial charge < -0.3 is 0 Å². The number of fused-ring (bicyclic) bond motifs is 3. The van der Waals surface area contributed by atoms with E-state index in [-0.39, 0.29) is 0 Å². The van der Waals surface area contributed by atoms with Crippen molar-refractivity contribution in [3.8, 4) is 22.5 Å². The number of nitrogens with one attached hydrogen (secondary N) is 1. The highest BCUT2D eigenvalue weighted by molar-refractivity contribution is 6.12. The second-order valence-electron chi connectivity index (χ2n) is 6.07. The van der Waals surface area contributed by atoms with Gasteiger partial charge in [0.1, 0.15) is 5.69 Å². The number of H-pyrrole nitrogens is 1. The third-order valence-electron chi connectivity index (χ3n) is 4.57. The Morgan fingerprint density at radius 1 is 0.680 bits per heavy atom. The highest BCUT2D eigenvalue weighted by atomic mass is 15.1. The SMILES string of the molecule is c1ccc(-c2ccc(-c3n[nH]c4ccc5ccccc5c34)cc2)nc1. The predicted molar refractivity (Wildman–Crippen MR) is 102 cm³/mol. The molecule has 3 nitrogen and oxygen atoms in total. The molecule has 25 heavy (non-hydrogen) atoms. The molecule has 3 heteroatoms. The Labute approximate surface area is 145 Å². The number of aromatic amines is 1. The first-order chi connectivity index (χ1) is 12.4. The van der Waals surface area contributed by atoms with Gasteiger partial charge in [-0.15, -0.1) is 0 Å². The van der Waals surface area contributed by atoms with Crippen LogP contribution in [-0.4, -0.2) is 15.2 Å². The van der Waals surface area contributed by atoms with Crippen LogP contribution in [0.2, 0.25) is 0 Å². The van der Waals surface area contributed by atoms with Gasteiger partial charge in [0.05, 0.1) is 11.2 Å². The van der Waals surface area contributed by atoms with Gasteiger partial charge in [-0.1, -0.05) is 60.7 Å². The van der Waals surface area contributed by atoms with E-state index in [4.69, 9.17) is 0 Å². The number of benzene rings is 3. The van der Waals surface area contributed by atoms with Gasteiger partial charge in [0.25, 0.3) is 0 Å². The van der Waals surface area contributed by atoms with E-state index < -0.39 is 0 Å². The lowest BCUT2D eigenvalue weighted by Gasteiger charge is -2.04. The van der Waals surface area contributed by atoms with Crippen LogP contribution in [0.4, 0.5) is 0 Å². The van der Waals surface area contributed by atoms with Crippen molar-refractivity contribution in [1.82, 2.24) is 15.2 Å².